The van der Waals surface area contributed by atoms with Gasteiger partial charge >= 0.3 is 0 Å². The fraction of sp³-hybridized carbons (Fsp3) is 0.292. The minimum atomic E-state index is -0.834. The highest BCUT2D eigenvalue weighted by Gasteiger charge is 2.31. The molecule has 3 heterocycles. The van der Waals surface area contributed by atoms with E-state index in [2.05, 4.69) is 20.6 Å². The highest BCUT2D eigenvalue weighted by atomic mass is 35.5. The van der Waals surface area contributed by atoms with Crippen LogP contribution < -0.4 is 10.9 Å². The average molecular weight is 531 g/mol. The quantitative estimate of drug-likeness (QED) is 0.336. The van der Waals surface area contributed by atoms with Crippen LogP contribution in [0.4, 0.5) is 10.1 Å². The minimum absolute atomic E-state index is 0.160. The molecule has 0 spiro atoms. The summed E-state index contributed by atoms with van der Waals surface area (Å²) in [6.45, 7) is 2.68. The molecule has 0 unspecified atom stereocenters. The number of halogens is 2. The standard InChI is InChI=1S/C24H24ClFN6O5/c1-13(22-30-20(21(33)24(35)31(22)2)23(34)29-16-10-28-37-12-16)19(17-8-15(26)4-5-18(17)25)14-9-27-32(11-14)6-7-36-3/h4-5,8-13,19,33H,6-7H2,1-3H3,(H,29,34)/t13-,19+/m0/s1. The number of aromatic hydroxyl groups is 1. The molecule has 0 radical (unpaired) electrons. The second-order valence-electron chi connectivity index (χ2n) is 8.36. The molecule has 2 N–H and O–H groups in total. The average Bonchev–Trinajstić information content (AvgIpc) is 3.56. The van der Waals surface area contributed by atoms with Crippen LogP contribution in [0.25, 0.3) is 0 Å². The molecule has 1 amide bonds. The lowest BCUT2D eigenvalue weighted by Gasteiger charge is -2.26. The molecule has 194 valence electrons. The maximum absolute atomic E-state index is 14.3. The highest BCUT2D eigenvalue weighted by Crippen LogP contribution is 2.40. The first-order valence-electron chi connectivity index (χ1n) is 11.2. The van der Waals surface area contributed by atoms with E-state index < -0.39 is 40.6 Å². The molecule has 0 aliphatic carbocycles. The zero-order valence-electron chi connectivity index (χ0n) is 20.2. The first kappa shape index (κ1) is 26.0. The van der Waals surface area contributed by atoms with E-state index in [0.717, 1.165) is 4.57 Å². The van der Waals surface area contributed by atoms with Crippen molar-refractivity contribution in [2.75, 3.05) is 19.0 Å². The van der Waals surface area contributed by atoms with Gasteiger partial charge in [0.05, 0.1) is 25.5 Å². The molecule has 4 aromatic rings. The largest absolute Gasteiger partial charge is 0.501 e. The molecule has 2 atom stereocenters. The summed E-state index contributed by atoms with van der Waals surface area (Å²) in [5.74, 6) is -3.23. The third kappa shape index (κ3) is 5.39. The van der Waals surface area contributed by atoms with E-state index in [9.17, 15) is 19.1 Å². The van der Waals surface area contributed by atoms with Crippen LogP contribution in [0.5, 0.6) is 5.75 Å². The van der Waals surface area contributed by atoms with E-state index in [1.165, 1.54) is 37.7 Å². The Balaban J connectivity index is 1.82. The fourth-order valence-corrected chi connectivity index (χ4v) is 4.35. The second kappa shape index (κ2) is 10.9. The molecule has 11 nitrogen and oxygen atoms in total. The number of carbonyl (C=O) groups excluding carboxylic acids is 1. The highest BCUT2D eigenvalue weighted by molar-refractivity contribution is 6.31. The molecule has 4 rings (SSSR count). The van der Waals surface area contributed by atoms with Gasteiger partial charge in [0, 0.05) is 37.2 Å². The summed E-state index contributed by atoms with van der Waals surface area (Å²) in [7, 11) is 3.00. The molecule has 0 saturated carbocycles. The number of nitrogens with one attached hydrogen (secondary N) is 1. The predicted molar refractivity (Wildman–Crippen MR) is 131 cm³/mol. The van der Waals surface area contributed by atoms with Gasteiger partial charge < -0.3 is 19.7 Å². The summed E-state index contributed by atoms with van der Waals surface area (Å²) in [5.41, 5.74) is 0.0275. The third-order valence-electron chi connectivity index (χ3n) is 5.94. The van der Waals surface area contributed by atoms with Crippen LogP contribution in [-0.4, -0.2) is 49.2 Å². The van der Waals surface area contributed by atoms with Gasteiger partial charge in [-0.3, -0.25) is 18.8 Å². The number of nitrogens with zero attached hydrogens (tertiary/aromatic N) is 5. The van der Waals surface area contributed by atoms with Crippen molar-refractivity contribution in [1.29, 1.82) is 0 Å². The van der Waals surface area contributed by atoms with Crippen LogP contribution in [0.15, 0.2) is 52.4 Å². The lowest BCUT2D eigenvalue weighted by atomic mass is 9.82. The van der Waals surface area contributed by atoms with Gasteiger partial charge in [0.2, 0.25) is 5.75 Å². The summed E-state index contributed by atoms with van der Waals surface area (Å²) < 4.78 is 27.0. The molecular weight excluding hydrogens is 507 g/mol. The molecule has 37 heavy (non-hydrogen) atoms. The number of rotatable bonds is 9. The second-order valence-corrected chi connectivity index (χ2v) is 8.77. The number of hydrogen-bond acceptors (Lipinski definition) is 8. The van der Waals surface area contributed by atoms with Gasteiger partial charge in [0.25, 0.3) is 11.5 Å². The van der Waals surface area contributed by atoms with Crippen molar-refractivity contribution in [3.05, 3.63) is 86.9 Å². The van der Waals surface area contributed by atoms with Crippen molar-refractivity contribution in [3.8, 4) is 5.75 Å². The van der Waals surface area contributed by atoms with Crippen LogP contribution in [0, 0.1) is 5.82 Å². The molecule has 0 aliphatic heterocycles. The van der Waals surface area contributed by atoms with Gasteiger partial charge in [-0.15, -0.1) is 0 Å². The third-order valence-corrected chi connectivity index (χ3v) is 6.29. The van der Waals surface area contributed by atoms with E-state index in [-0.39, 0.29) is 11.5 Å². The first-order chi connectivity index (χ1) is 17.7. The first-order valence-corrected chi connectivity index (χ1v) is 11.6. The van der Waals surface area contributed by atoms with E-state index in [0.29, 0.717) is 29.3 Å². The normalized spacial score (nSPS) is 12.9. The van der Waals surface area contributed by atoms with Crippen LogP contribution in [0.2, 0.25) is 5.02 Å². The Kier molecular flexibility index (Phi) is 7.69. The molecule has 13 heteroatoms. The number of benzene rings is 1. The van der Waals surface area contributed by atoms with Gasteiger partial charge in [-0.1, -0.05) is 23.7 Å². The monoisotopic (exact) mass is 530 g/mol. The molecule has 0 fully saturated rings. The summed E-state index contributed by atoms with van der Waals surface area (Å²) in [4.78, 5) is 30.1. The Bertz CT molecular complexity index is 1470. The zero-order valence-corrected chi connectivity index (χ0v) is 20.9. The summed E-state index contributed by atoms with van der Waals surface area (Å²) in [5, 5.41) is 21.1. The number of anilines is 1. The van der Waals surface area contributed by atoms with E-state index in [4.69, 9.17) is 20.9 Å². The van der Waals surface area contributed by atoms with Crippen LogP contribution >= 0.6 is 11.6 Å². The smallest absolute Gasteiger partial charge is 0.296 e. The molecule has 1 aromatic carbocycles. The van der Waals surface area contributed by atoms with E-state index in [1.54, 1.807) is 31.1 Å². The number of carbonyl (C=O) groups is 1. The van der Waals surface area contributed by atoms with Crippen molar-refractivity contribution < 1.29 is 23.6 Å². The SMILES string of the molecule is COCCn1cc([C@H](c2cc(F)ccc2Cl)[C@H](C)c2nc(C(=O)Nc3cnoc3)c(O)c(=O)n2C)cn1. The molecule has 0 saturated heterocycles. The summed E-state index contributed by atoms with van der Waals surface area (Å²) >= 11 is 6.50. The van der Waals surface area contributed by atoms with Crippen molar-refractivity contribution in [3.63, 3.8) is 0 Å². The van der Waals surface area contributed by atoms with Crippen molar-refractivity contribution in [2.45, 2.75) is 25.3 Å². The van der Waals surface area contributed by atoms with Crippen LogP contribution in [-0.2, 0) is 18.3 Å². The maximum atomic E-state index is 14.3. The lowest BCUT2D eigenvalue weighted by Crippen LogP contribution is -2.29. The summed E-state index contributed by atoms with van der Waals surface area (Å²) in [6.07, 6.45) is 5.83. The van der Waals surface area contributed by atoms with Crippen molar-refractivity contribution in [1.82, 2.24) is 24.5 Å². The van der Waals surface area contributed by atoms with Gasteiger partial charge in [0.1, 0.15) is 23.6 Å². The number of hydrogen-bond donors (Lipinski definition) is 2. The Morgan fingerprint density at radius 2 is 2.14 bits per heavy atom. The van der Waals surface area contributed by atoms with Gasteiger partial charge in [-0.05, 0) is 29.3 Å². The number of methoxy groups -OCH3 is 1. The Morgan fingerprint density at radius 3 is 2.84 bits per heavy atom. The predicted octanol–water partition coefficient (Wildman–Crippen LogP) is 3.30. The number of amides is 1. The number of ether oxygens (including phenoxy) is 1. The molecule has 3 aromatic heterocycles. The van der Waals surface area contributed by atoms with Gasteiger partial charge in [0.15, 0.2) is 5.69 Å². The molecule has 0 aliphatic rings. The Hall–Kier alpha value is -4.03. The molecule has 0 bridgehead atoms. The Labute approximate surface area is 215 Å². The van der Waals surface area contributed by atoms with Crippen molar-refractivity contribution >= 4 is 23.2 Å². The maximum Gasteiger partial charge on any atom is 0.296 e. The Morgan fingerprint density at radius 1 is 1.35 bits per heavy atom. The van der Waals surface area contributed by atoms with E-state index in [1.807, 2.05) is 0 Å². The topological polar surface area (TPSA) is 137 Å². The zero-order chi connectivity index (χ0) is 26.7. The van der Waals surface area contributed by atoms with Gasteiger partial charge in [-0.25, -0.2) is 9.37 Å². The van der Waals surface area contributed by atoms with Crippen molar-refractivity contribution in [2.24, 2.45) is 7.05 Å². The van der Waals surface area contributed by atoms with Crippen LogP contribution in [0.1, 0.15) is 46.2 Å². The van der Waals surface area contributed by atoms with E-state index >= 15 is 0 Å². The summed E-state index contributed by atoms with van der Waals surface area (Å²) in [6, 6.07) is 4.01. The van der Waals surface area contributed by atoms with Crippen LogP contribution in [0.3, 0.4) is 0 Å². The lowest BCUT2D eigenvalue weighted by molar-refractivity contribution is 0.101. The number of aromatic nitrogens is 5. The minimum Gasteiger partial charge on any atom is -0.501 e. The van der Waals surface area contributed by atoms with Gasteiger partial charge in [-0.2, -0.15) is 5.10 Å². The fourth-order valence-electron chi connectivity index (χ4n) is 4.12. The molecular formula is C24H24ClFN6O5.